The van der Waals surface area contributed by atoms with Gasteiger partial charge in [0, 0.05) is 12.0 Å². The fourth-order valence-electron chi connectivity index (χ4n) is 2.22. The van der Waals surface area contributed by atoms with Crippen molar-refractivity contribution in [2.24, 2.45) is 5.73 Å². The molecule has 2 N–H and O–H groups in total. The second-order valence-electron chi connectivity index (χ2n) is 6.84. The Morgan fingerprint density at radius 2 is 1.71 bits per heavy atom. The van der Waals surface area contributed by atoms with Crippen molar-refractivity contribution >= 4 is 11.9 Å². The van der Waals surface area contributed by atoms with Crippen LogP contribution in [0.5, 0.6) is 5.75 Å². The van der Waals surface area contributed by atoms with Gasteiger partial charge in [-0.3, -0.25) is 9.59 Å². The molecule has 0 aliphatic heterocycles. The van der Waals surface area contributed by atoms with Gasteiger partial charge in [-0.05, 0) is 51.8 Å². The first-order valence-electron chi connectivity index (χ1n) is 8.52. The van der Waals surface area contributed by atoms with E-state index in [0.29, 0.717) is 24.3 Å². The van der Waals surface area contributed by atoms with Gasteiger partial charge in [0.05, 0.1) is 6.61 Å². The van der Waals surface area contributed by atoms with Crippen molar-refractivity contribution in [2.45, 2.75) is 64.9 Å². The summed E-state index contributed by atoms with van der Waals surface area (Å²) in [6.07, 6.45) is 5.39. The number of rotatable bonds is 10. The maximum absolute atomic E-state index is 11.6. The molecule has 0 saturated carbocycles. The average molecular weight is 335 g/mol. The number of benzene rings is 1. The third-order valence-electron chi connectivity index (χ3n) is 3.33. The third-order valence-corrected chi connectivity index (χ3v) is 3.33. The van der Waals surface area contributed by atoms with Crippen molar-refractivity contribution in [1.82, 2.24) is 0 Å². The molecule has 0 unspecified atom stereocenters. The van der Waals surface area contributed by atoms with Gasteiger partial charge in [0.25, 0.3) is 0 Å². The zero-order chi connectivity index (χ0) is 18.0. The summed E-state index contributed by atoms with van der Waals surface area (Å²) in [5, 5.41) is 0. The van der Waals surface area contributed by atoms with Gasteiger partial charge in [-0.2, -0.15) is 0 Å². The van der Waals surface area contributed by atoms with Crippen LogP contribution >= 0.6 is 0 Å². The molecule has 1 aromatic carbocycles. The number of hydrogen-bond donors (Lipinski definition) is 1. The van der Waals surface area contributed by atoms with E-state index in [-0.39, 0.29) is 5.97 Å². The lowest BCUT2D eigenvalue weighted by atomic mass is 10.1. The lowest BCUT2D eigenvalue weighted by molar-refractivity contribution is -0.154. The Hall–Kier alpha value is -2.04. The van der Waals surface area contributed by atoms with Gasteiger partial charge in [0.15, 0.2) is 0 Å². The molecule has 0 bridgehead atoms. The number of esters is 1. The molecule has 1 aromatic rings. The first-order valence-corrected chi connectivity index (χ1v) is 8.52. The molecule has 5 heteroatoms. The molecule has 0 saturated heterocycles. The van der Waals surface area contributed by atoms with Crippen LogP contribution in [0.4, 0.5) is 0 Å². The monoisotopic (exact) mass is 335 g/mol. The van der Waals surface area contributed by atoms with Crippen molar-refractivity contribution in [1.29, 1.82) is 0 Å². The molecule has 0 spiro atoms. The molecule has 5 nitrogen and oxygen atoms in total. The van der Waals surface area contributed by atoms with Crippen molar-refractivity contribution in [3.63, 3.8) is 0 Å². The SMILES string of the molecule is CC(C)(C)OC(=O)CCCCCCCOc1cccc(C(N)=O)c1. The lowest BCUT2D eigenvalue weighted by Gasteiger charge is -2.19. The molecular formula is C19H29NO4. The molecule has 24 heavy (non-hydrogen) atoms. The summed E-state index contributed by atoms with van der Waals surface area (Å²) in [7, 11) is 0. The predicted octanol–water partition coefficient (Wildman–Crippen LogP) is 3.85. The Kier molecular flexibility index (Phi) is 8.30. The molecule has 1 amide bonds. The number of amides is 1. The molecule has 0 aliphatic rings. The maximum atomic E-state index is 11.6. The first-order chi connectivity index (χ1) is 11.3. The van der Waals surface area contributed by atoms with E-state index in [1.165, 1.54) is 0 Å². The molecule has 0 aliphatic carbocycles. The summed E-state index contributed by atoms with van der Waals surface area (Å²) in [6, 6.07) is 6.89. The molecule has 0 fully saturated rings. The first kappa shape index (κ1) is 20.0. The van der Waals surface area contributed by atoms with E-state index in [1.54, 1.807) is 18.2 Å². The van der Waals surface area contributed by atoms with Crippen LogP contribution in [0.25, 0.3) is 0 Å². The Morgan fingerprint density at radius 1 is 1.04 bits per heavy atom. The van der Waals surface area contributed by atoms with Gasteiger partial charge in [-0.25, -0.2) is 0 Å². The number of unbranched alkanes of at least 4 members (excludes halogenated alkanes) is 4. The van der Waals surface area contributed by atoms with Gasteiger partial charge in [0.2, 0.25) is 5.91 Å². The number of carbonyl (C=O) groups is 2. The molecule has 0 heterocycles. The van der Waals surface area contributed by atoms with Crippen molar-refractivity contribution in [3.05, 3.63) is 29.8 Å². The van der Waals surface area contributed by atoms with Gasteiger partial charge in [-0.1, -0.05) is 25.3 Å². The van der Waals surface area contributed by atoms with E-state index in [9.17, 15) is 9.59 Å². The minimum Gasteiger partial charge on any atom is -0.494 e. The van der Waals surface area contributed by atoms with E-state index in [0.717, 1.165) is 32.1 Å². The number of hydrogen-bond acceptors (Lipinski definition) is 4. The van der Waals surface area contributed by atoms with Crippen molar-refractivity contribution < 1.29 is 19.1 Å². The molecule has 0 atom stereocenters. The number of primary amides is 1. The van der Waals surface area contributed by atoms with Crippen LogP contribution in [0.15, 0.2) is 24.3 Å². The Labute approximate surface area is 144 Å². The van der Waals surface area contributed by atoms with Crippen LogP contribution in [-0.2, 0) is 9.53 Å². The fraction of sp³-hybridized carbons (Fsp3) is 0.579. The maximum Gasteiger partial charge on any atom is 0.306 e. The summed E-state index contributed by atoms with van der Waals surface area (Å²) < 4.78 is 10.9. The van der Waals surface area contributed by atoms with Crippen LogP contribution in [0.3, 0.4) is 0 Å². The minimum atomic E-state index is -0.453. The Balaban J connectivity index is 2.06. The fourth-order valence-corrected chi connectivity index (χ4v) is 2.22. The van der Waals surface area contributed by atoms with Crippen LogP contribution in [0, 0.1) is 0 Å². The second kappa shape index (κ2) is 9.96. The molecule has 0 aromatic heterocycles. The summed E-state index contributed by atoms with van der Waals surface area (Å²) in [4.78, 5) is 22.6. The second-order valence-corrected chi connectivity index (χ2v) is 6.84. The highest BCUT2D eigenvalue weighted by Gasteiger charge is 2.15. The van der Waals surface area contributed by atoms with Gasteiger partial charge < -0.3 is 15.2 Å². The van der Waals surface area contributed by atoms with Crippen LogP contribution < -0.4 is 10.5 Å². The lowest BCUT2D eigenvalue weighted by Crippen LogP contribution is -2.23. The van der Waals surface area contributed by atoms with Crippen molar-refractivity contribution in [3.8, 4) is 5.75 Å². The summed E-state index contributed by atoms with van der Waals surface area (Å²) in [6.45, 7) is 6.24. The molecular weight excluding hydrogens is 306 g/mol. The largest absolute Gasteiger partial charge is 0.494 e. The Bertz CT molecular complexity index is 534. The standard InChI is InChI=1S/C19H29NO4/c1-19(2,3)24-17(21)12-7-5-4-6-8-13-23-16-11-9-10-15(14-16)18(20)22/h9-11,14H,4-8,12-13H2,1-3H3,(H2,20,22). The zero-order valence-electron chi connectivity index (χ0n) is 15.0. The third kappa shape index (κ3) is 9.18. The van der Waals surface area contributed by atoms with E-state index in [2.05, 4.69) is 0 Å². The van der Waals surface area contributed by atoms with E-state index < -0.39 is 11.5 Å². The van der Waals surface area contributed by atoms with E-state index >= 15 is 0 Å². The van der Waals surface area contributed by atoms with Crippen molar-refractivity contribution in [2.75, 3.05) is 6.61 Å². The van der Waals surface area contributed by atoms with Gasteiger partial charge >= 0.3 is 5.97 Å². The highest BCUT2D eigenvalue weighted by Crippen LogP contribution is 2.14. The smallest absolute Gasteiger partial charge is 0.306 e. The highest BCUT2D eigenvalue weighted by molar-refractivity contribution is 5.93. The summed E-state index contributed by atoms with van der Waals surface area (Å²) >= 11 is 0. The average Bonchev–Trinajstić information content (AvgIpc) is 2.48. The van der Waals surface area contributed by atoms with Crippen LogP contribution in [0.2, 0.25) is 0 Å². The van der Waals surface area contributed by atoms with Crippen LogP contribution in [0.1, 0.15) is 69.7 Å². The molecule has 0 radical (unpaired) electrons. The van der Waals surface area contributed by atoms with Gasteiger partial charge in [-0.15, -0.1) is 0 Å². The molecule has 134 valence electrons. The summed E-state index contributed by atoms with van der Waals surface area (Å²) in [5.74, 6) is 0.0850. The Morgan fingerprint density at radius 3 is 2.38 bits per heavy atom. The number of ether oxygens (including phenoxy) is 2. The van der Waals surface area contributed by atoms with E-state index in [4.69, 9.17) is 15.2 Å². The van der Waals surface area contributed by atoms with Crippen LogP contribution in [-0.4, -0.2) is 24.1 Å². The van der Waals surface area contributed by atoms with E-state index in [1.807, 2.05) is 26.8 Å². The molecule has 1 rings (SSSR count). The minimum absolute atomic E-state index is 0.125. The summed E-state index contributed by atoms with van der Waals surface area (Å²) in [5.41, 5.74) is 5.28. The quantitative estimate of drug-likeness (QED) is 0.520. The number of carbonyl (C=O) groups excluding carboxylic acids is 2. The zero-order valence-corrected chi connectivity index (χ0v) is 15.0. The number of nitrogens with two attached hydrogens (primary N) is 1. The highest BCUT2D eigenvalue weighted by atomic mass is 16.6. The predicted molar refractivity (Wildman–Crippen MR) is 94.0 cm³/mol. The topological polar surface area (TPSA) is 78.6 Å². The van der Waals surface area contributed by atoms with Gasteiger partial charge in [0.1, 0.15) is 11.4 Å². The normalized spacial score (nSPS) is 11.1.